The Labute approximate surface area is 106 Å². The Morgan fingerprint density at radius 2 is 2.24 bits per heavy atom. The first kappa shape index (κ1) is 12.1. The lowest BCUT2D eigenvalue weighted by atomic mass is 10.1. The van der Waals surface area contributed by atoms with E-state index in [-0.39, 0.29) is 6.04 Å². The van der Waals surface area contributed by atoms with E-state index in [0.29, 0.717) is 5.02 Å². The Bertz CT molecular complexity index is 519. The van der Waals surface area contributed by atoms with Crippen LogP contribution in [0.5, 0.6) is 0 Å². The number of hydrogen-bond donors (Lipinski definition) is 1. The van der Waals surface area contributed by atoms with Gasteiger partial charge in [-0.1, -0.05) is 23.7 Å². The van der Waals surface area contributed by atoms with E-state index in [2.05, 4.69) is 11.9 Å². The van der Waals surface area contributed by atoms with Crippen LogP contribution in [0.4, 0.5) is 0 Å². The molecule has 0 aliphatic carbocycles. The van der Waals surface area contributed by atoms with Crippen LogP contribution in [0.25, 0.3) is 0 Å². The molecule has 3 nitrogen and oxygen atoms in total. The first-order chi connectivity index (χ1) is 8.13. The standard InChI is InChI=1S/C13H16ClN3/c1-3-17-7-6-16-13(17)12(15)10-5-4-9(2)8-11(10)14/h4-8,12H,3,15H2,1-2H3. The van der Waals surface area contributed by atoms with Crippen LogP contribution < -0.4 is 5.73 Å². The highest BCUT2D eigenvalue weighted by molar-refractivity contribution is 6.31. The summed E-state index contributed by atoms with van der Waals surface area (Å²) in [4.78, 5) is 4.31. The van der Waals surface area contributed by atoms with Crippen LogP contribution in [-0.4, -0.2) is 9.55 Å². The summed E-state index contributed by atoms with van der Waals surface area (Å²) in [5.41, 5.74) is 8.26. The minimum atomic E-state index is -0.280. The maximum atomic E-state index is 6.22. The van der Waals surface area contributed by atoms with Gasteiger partial charge in [-0.25, -0.2) is 4.98 Å². The van der Waals surface area contributed by atoms with Crippen molar-refractivity contribution in [3.05, 3.63) is 52.6 Å². The van der Waals surface area contributed by atoms with Gasteiger partial charge in [-0.15, -0.1) is 0 Å². The molecule has 0 fully saturated rings. The summed E-state index contributed by atoms with van der Waals surface area (Å²) in [7, 11) is 0. The van der Waals surface area contributed by atoms with E-state index in [1.54, 1.807) is 6.20 Å². The maximum Gasteiger partial charge on any atom is 0.130 e. The Kier molecular flexibility index (Phi) is 3.50. The molecule has 17 heavy (non-hydrogen) atoms. The Hall–Kier alpha value is -1.32. The zero-order chi connectivity index (χ0) is 12.4. The second-order valence-electron chi connectivity index (χ2n) is 4.07. The van der Waals surface area contributed by atoms with Gasteiger partial charge in [0.25, 0.3) is 0 Å². The number of benzene rings is 1. The monoisotopic (exact) mass is 249 g/mol. The zero-order valence-corrected chi connectivity index (χ0v) is 10.8. The van der Waals surface area contributed by atoms with Gasteiger partial charge < -0.3 is 10.3 Å². The molecule has 2 aromatic rings. The third kappa shape index (κ3) is 2.35. The van der Waals surface area contributed by atoms with Gasteiger partial charge in [-0.05, 0) is 31.0 Å². The summed E-state index contributed by atoms with van der Waals surface area (Å²) >= 11 is 6.22. The van der Waals surface area contributed by atoms with Crippen molar-refractivity contribution in [1.29, 1.82) is 0 Å². The van der Waals surface area contributed by atoms with Crippen LogP contribution >= 0.6 is 11.6 Å². The van der Waals surface area contributed by atoms with E-state index in [1.165, 1.54) is 0 Å². The van der Waals surface area contributed by atoms with Gasteiger partial charge in [0.05, 0.1) is 6.04 Å². The van der Waals surface area contributed by atoms with Crippen molar-refractivity contribution in [3.8, 4) is 0 Å². The summed E-state index contributed by atoms with van der Waals surface area (Å²) < 4.78 is 2.03. The van der Waals surface area contributed by atoms with Gasteiger partial charge in [-0.2, -0.15) is 0 Å². The first-order valence-corrected chi connectivity index (χ1v) is 6.04. The molecule has 1 heterocycles. The predicted molar refractivity (Wildman–Crippen MR) is 70.1 cm³/mol. The summed E-state index contributed by atoms with van der Waals surface area (Å²) in [6, 6.07) is 5.63. The molecule has 1 unspecified atom stereocenters. The minimum absolute atomic E-state index is 0.280. The molecular formula is C13H16ClN3. The van der Waals surface area contributed by atoms with Gasteiger partial charge in [0.2, 0.25) is 0 Å². The first-order valence-electron chi connectivity index (χ1n) is 5.66. The fourth-order valence-corrected chi connectivity index (χ4v) is 2.24. The van der Waals surface area contributed by atoms with E-state index in [1.807, 2.05) is 35.9 Å². The van der Waals surface area contributed by atoms with Crippen LogP contribution in [0.2, 0.25) is 5.02 Å². The minimum Gasteiger partial charge on any atom is -0.334 e. The van der Waals surface area contributed by atoms with Gasteiger partial charge in [0.1, 0.15) is 5.82 Å². The molecule has 0 aliphatic heterocycles. The molecule has 0 aliphatic rings. The number of rotatable bonds is 3. The molecule has 0 radical (unpaired) electrons. The van der Waals surface area contributed by atoms with Crippen molar-refractivity contribution >= 4 is 11.6 Å². The molecule has 0 amide bonds. The molecular weight excluding hydrogens is 234 g/mol. The summed E-state index contributed by atoms with van der Waals surface area (Å²) in [5.74, 6) is 0.846. The van der Waals surface area contributed by atoms with Crippen LogP contribution in [-0.2, 0) is 6.54 Å². The molecule has 2 rings (SSSR count). The second-order valence-corrected chi connectivity index (χ2v) is 4.48. The second kappa shape index (κ2) is 4.90. The average Bonchev–Trinajstić information content (AvgIpc) is 2.76. The van der Waals surface area contributed by atoms with E-state index < -0.39 is 0 Å². The van der Waals surface area contributed by atoms with Crippen LogP contribution in [0.1, 0.15) is 29.9 Å². The normalized spacial score (nSPS) is 12.7. The van der Waals surface area contributed by atoms with Gasteiger partial charge in [-0.3, -0.25) is 0 Å². The number of aromatic nitrogens is 2. The summed E-state index contributed by atoms with van der Waals surface area (Å²) in [6.07, 6.45) is 3.69. The molecule has 1 aromatic carbocycles. The molecule has 4 heteroatoms. The van der Waals surface area contributed by atoms with Crippen LogP contribution in [0.15, 0.2) is 30.6 Å². The lowest BCUT2D eigenvalue weighted by Gasteiger charge is -2.15. The van der Waals surface area contributed by atoms with Crippen LogP contribution in [0.3, 0.4) is 0 Å². The van der Waals surface area contributed by atoms with Crippen molar-refractivity contribution in [2.24, 2.45) is 5.73 Å². The largest absolute Gasteiger partial charge is 0.334 e. The van der Waals surface area contributed by atoms with E-state index in [0.717, 1.165) is 23.5 Å². The summed E-state index contributed by atoms with van der Waals surface area (Å²) in [5, 5.41) is 0.697. The van der Waals surface area contributed by atoms with E-state index in [9.17, 15) is 0 Å². The van der Waals surface area contributed by atoms with E-state index >= 15 is 0 Å². The van der Waals surface area contributed by atoms with Crippen molar-refractivity contribution in [1.82, 2.24) is 9.55 Å². The highest BCUT2D eigenvalue weighted by atomic mass is 35.5. The molecule has 2 N–H and O–H groups in total. The van der Waals surface area contributed by atoms with Crippen LogP contribution in [0, 0.1) is 6.92 Å². The van der Waals surface area contributed by atoms with Gasteiger partial charge in [0.15, 0.2) is 0 Å². The predicted octanol–water partition coefficient (Wildman–Crippen LogP) is 2.91. The molecule has 90 valence electrons. The third-order valence-electron chi connectivity index (χ3n) is 2.86. The zero-order valence-electron chi connectivity index (χ0n) is 10.0. The van der Waals surface area contributed by atoms with Crippen molar-refractivity contribution in [2.75, 3.05) is 0 Å². The summed E-state index contributed by atoms with van der Waals surface area (Å²) in [6.45, 7) is 4.93. The number of hydrogen-bond acceptors (Lipinski definition) is 2. The van der Waals surface area contributed by atoms with Gasteiger partial charge in [0, 0.05) is 24.0 Å². The SMILES string of the molecule is CCn1ccnc1C(N)c1ccc(C)cc1Cl. The van der Waals surface area contributed by atoms with Gasteiger partial charge >= 0.3 is 0 Å². The Morgan fingerprint density at radius 1 is 1.47 bits per heavy atom. The highest BCUT2D eigenvalue weighted by Crippen LogP contribution is 2.26. The molecule has 0 saturated carbocycles. The third-order valence-corrected chi connectivity index (χ3v) is 3.18. The van der Waals surface area contributed by atoms with Crippen molar-refractivity contribution in [3.63, 3.8) is 0 Å². The molecule has 0 spiro atoms. The fraction of sp³-hybridized carbons (Fsp3) is 0.308. The number of imidazole rings is 1. The topological polar surface area (TPSA) is 43.8 Å². The quantitative estimate of drug-likeness (QED) is 0.909. The average molecular weight is 250 g/mol. The molecule has 1 atom stereocenters. The number of aryl methyl sites for hydroxylation is 2. The lowest BCUT2D eigenvalue weighted by molar-refractivity contribution is 0.656. The molecule has 0 saturated heterocycles. The van der Waals surface area contributed by atoms with Crippen molar-refractivity contribution in [2.45, 2.75) is 26.4 Å². The highest BCUT2D eigenvalue weighted by Gasteiger charge is 2.16. The Morgan fingerprint density at radius 3 is 2.88 bits per heavy atom. The number of halogens is 1. The number of nitrogens with two attached hydrogens (primary N) is 1. The van der Waals surface area contributed by atoms with Crippen molar-refractivity contribution < 1.29 is 0 Å². The smallest absolute Gasteiger partial charge is 0.130 e. The van der Waals surface area contributed by atoms with E-state index in [4.69, 9.17) is 17.3 Å². The fourth-order valence-electron chi connectivity index (χ4n) is 1.89. The lowest BCUT2D eigenvalue weighted by Crippen LogP contribution is -2.18. The maximum absolute atomic E-state index is 6.22. The molecule has 1 aromatic heterocycles. The number of nitrogens with zero attached hydrogens (tertiary/aromatic N) is 2. The Balaban J connectivity index is 2.40. The molecule has 0 bridgehead atoms.